The molecule has 272 valence electrons. The highest BCUT2D eigenvalue weighted by Gasteiger charge is 2.02. The second kappa shape index (κ2) is 26.6. The van der Waals surface area contributed by atoms with E-state index in [0.29, 0.717) is 6.42 Å². The molecule has 0 bridgehead atoms. The molecule has 0 saturated carbocycles. The van der Waals surface area contributed by atoms with Crippen molar-refractivity contribution < 1.29 is 15.3 Å². The molecule has 3 N–H and O–H groups in total. The summed E-state index contributed by atoms with van der Waals surface area (Å²) in [6, 6.07) is 4.67. The van der Waals surface area contributed by atoms with E-state index in [1.54, 1.807) is 12.1 Å². The fourth-order valence-electron chi connectivity index (χ4n) is 5.66. The molecule has 0 atom stereocenters. The number of hydrogen-bond acceptors (Lipinski definition) is 3. The number of phenolic OH excluding ortho intramolecular Hbond substituents is 2. The smallest absolute Gasteiger partial charge is 0.119 e. The molecule has 3 nitrogen and oxygen atoms in total. The minimum absolute atomic E-state index is 0.159. The van der Waals surface area contributed by atoms with Crippen molar-refractivity contribution in [2.45, 2.75) is 152 Å². The van der Waals surface area contributed by atoms with Crippen molar-refractivity contribution in [2.75, 3.05) is 6.61 Å². The highest BCUT2D eigenvalue weighted by atomic mass is 16.3. The highest BCUT2D eigenvalue weighted by Crippen LogP contribution is 2.24. The quantitative estimate of drug-likeness (QED) is 0.0758. The fraction of sp³-hybridized carbons (Fsp3) is 0.522. The molecule has 0 radical (unpaired) electrons. The number of aliphatic hydroxyl groups excluding tert-OH is 1. The van der Waals surface area contributed by atoms with Crippen LogP contribution in [-0.4, -0.2) is 21.9 Å². The first kappa shape index (κ1) is 43.7. The van der Waals surface area contributed by atoms with E-state index in [1.165, 1.54) is 45.1 Å². The predicted molar refractivity (Wildman–Crippen MR) is 215 cm³/mol. The van der Waals surface area contributed by atoms with E-state index in [1.807, 2.05) is 0 Å². The van der Waals surface area contributed by atoms with Crippen LogP contribution in [-0.2, 0) is 6.42 Å². The van der Waals surface area contributed by atoms with Gasteiger partial charge in [0.15, 0.2) is 0 Å². The van der Waals surface area contributed by atoms with E-state index in [0.717, 1.165) is 101 Å². The number of allylic oxidation sites excluding steroid dienone is 15. The van der Waals surface area contributed by atoms with E-state index in [-0.39, 0.29) is 18.1 Å². The maximum Gasteiger partial charge on any atom is 0.119 e. The second-order valence-electron chi connectivity index (χ2n) is 14.4. The van der Waals surface area contributed by atoms with Gasteiger partial charge in [0.1, 0.15) is 11.5 Å². The molecule has 0 spiro atoms. The fourth-order valence-corrected chi connectivity index (χ4v) is 5.66. The van der Waals surface area contributed by atoms with Crippen LogP contribution < -0.4 is 0 Å². The van der Waals surface area contributed by atoms with Crippen LogP contribution in [0.15, 0.2) is 111 Å². The zero-order chi connectivity index (χ0) is 36.4. The Morgan fingerprint density at radius 2 is 0.837 bits per heavy atom. The van der Waals surface area contributed by atoms with Crippen LogP contribution in [0, 0.1) is 0 Å². The maximum atomic E-state index is 9.96. The lowest BCUT2D eigenvalue weighted by Gasteiger charge is -2.05. The predicted octanol–water partition coefficient (Wildman–Crippen LogP) is 13.7. The van der Waals surface area contributed by atoms with Crippen molar-refractivity contribution in [3.8, 4) is 11.5 Å². The van der Waals surface area contributed by atoms with Gasteiger partial charge < -0.3 is 15.3 Å². The molecule has 0 aromatic heterocycles. The monoisotopic (exact) mass is 671 g/mol. The molecular weight excluding hydrogens is 601 g/mol. The summed E-state index contributed by atoms with van der Waals surface area (Å²) >= 11 is 0. The van der Waals surface area contributed by atoms with Crippen molar-refractivity contribution >= 4 is 0 Å². The minimum Gasteiger partial charge on any atom is -0.508 e. The van der Waals surface area contributed by atoms with Crippen LogP contribution in [0.1, 0.15) is 151 Å². The van der Waals surface area contributed by atoms with Gasteiger partial charge in [0.25, 0.3) is 0 Å². The zero-order valence-electron chi connectivity index (χ0n) is 32.5. The molecule has 3 heteroatoms. The van der Waals surface area contributed by atoms with Gasteiger partial charge in [-0.3, -0.25) is 0 Å². The molecule has 1 aromatic carbocycles. The molecule has 0 aliphatic carbocycles. The summed E-state index contributed by atoms with van der Waals surface area (Å²) in [7, 11) is 0. The van der Waals surface area contributed by atoms with Gasteiger partial charge in [-0.1, -0.05) is 87.6 Å². The minimum atomic E-state index is 0.159. The van der Waals surface area contributed by atoms with Crippen molar-refractivity contribution in [3.63, 3.8) is 0 Å². The number of aliphatic hydroxyl groups is 1. The first-order chi connectivity index (χ1) is 23.4. The Labute approximate surface area is 301 Å². The molecule has 0 heterocycles. The summed E-state index contributed by atoms with van der Waals surface area (Å²) in [5.74, 6) is 0.416. The lowest BCUT2D eigenvalue weighted by molar-refractivity contribution is 0.326. The van der Waals surface area contributed by atoms with Gasteiger partial charge >= 0.3 is 0 Å². The maximum absolute atomic E-state index is 9.96. The summed E-state index contributed by atoms with van der Waals surface area (Å²) in [6.45, 7) is 17.8. The standard InChI is InChI=1S/C46H70O3/c1-36(2)16-9-17-37(3)18-10-22-40(6)26-14-28-43(35-47)29-15-27-41(7)23-12-21-38(4)19-11-20-39(5)24-13-25-42(8)30-31-44-34-45(48)32-33-46(44)49/h16,18-19,23-24,26,29-30,32-34,47-49H,9-15,17,20-22,25,27-28,31,35H2,1-8H3/b37-18+,38-19+,39-24+,40-26+,41-23-,42-30+,43-29-. The van der Waals surface area contributed by atoms with Gasteiger partial charge in [-0.25, -0.2) is 0 Å². The van der Waals surface area contributed by atoms with Crippen LogP contribution in [0.2, 0.25) is 0 Å². The van der Waals surface area contributed by atoms with Gasteiger partial charge in [-0.2, -0.15) is 0 Å². The molecule has 0 unspecified atom stereocenters. The summed E-state index contributed by atoms with van der Waals surface area (Å²) in [5.41, 5.74) is 11.9. The molecule has 1 aromatic rings. The van der Waals surface area contributed by atoms with Crippen LogP contribution in [0.5, 0.6) is 11.5 Å². The van der Waals surface area contributed by atoms with E-state index in [2.05, 4.69) is 104 Å². The molecule has 0 saturated heterocycles. The third-order valence-corrected chi connectivity index (χ3v) is 9.08. The van der Waals surface area contributed by atoms with E-state index in [9.17, 15) is 15.3 Å². The average molecular weight is 671 g/mol. The van der Waals surface area contributed by atoms with Crippen LogP contribution >= 0.6 is 0 Å². The Hall–Kier alpha value is -3.30. The lowest BCUT2D eigenvalue weighted by atomic mass is 10.0. The Morgan fingerprint density at radius 3 is 1.24 bits per heavy atom. The summed E-state index contributed by atoms with van der Waals surface area (Å²) < 4.78 is 0. The first-order valence-electron chi connectivity index (χ1n) is 18.8. The number of aromatic hydroxyl groups is 2. The Bertz CT molecular complexity index is 1350. The van der Waals surface area contributed by atoms with Gasteiger partial charge in [0.2, 0.25) is 0 Å². The molecule has 0 amide bonds. The van der Waals surface area contributed by atoms with Crippen molar-refractivity contribution in [1.82, 2.24) is 0 Å². The topological polar surface area (TPSA) is 60.7 Å². The zero-order valence-corrected chi connectivity index (χ0v) is 32.5. The lowest BCUT2D eigenvalue weighted by Crippen LogP contribution is -1.91. The average Bonchev–Trinajstić information content (AvgIpc) is 3.04. The van der Waals surface area contributed by atoms with Gasteiger partial charge in [-0.05, 0) is 175 Å². The third kappa shape index (κ3) is 23.7. The van der Waals surface area contributed by atoms with Crippen molar-refractivity contribution in [3.05, 3.63) is 117 Å². The molecule has 0 aliphatic rings. The Balaban J connectivity index is 2.30. The summed E-state index contributed by atoms with van der Waals surface area (Å²) in [5, 5.41) is 29.5. The van der Waals surface area contributed by atoms with Gasteiger partial charge in [0.05, 0.1) is 6.61 Å². The first-order valence-corrected chi connectivity index (χ1v) is 18.8. The largest absolute Gasteiger partial charge is 0.508 e. The SMILES string of the molecule is CC(C)=CCC/C(C)=C/CC/C(C)=C/CC/C(=C/CC/C(C)=C\CC/C(C)=C/CC/C(C)=C/CC/C(C)=C/Cc1cc(O)ccc1O)CO. The third-order valence-electron chi connectivity index (χ3n) is 9.08. The molecule has 0 aliphatic heterocycles. The molecule has 0 fully saturated rings. The highest BCUT2D eigenvalue weighted by molar-refractivity contribution is 5.40. The van der Waals surface area contributed by atoms with Crippen molar-refractivity contribution in [1.29, 1.82) is 0 Å². The second-order valence-corrected chi connectivity index (χ2v) is 14.4. The number of rotatable bonds is 24. The molecule has 49 heavy (non-hydrogen) atoms. The van der Waals surface area contributed by atoms with Crippen LogP contribution in [0.25, 0.3) is 0 Å². The van der Waals surface area contributed by atoms with E-state index >= 15 is 0 Å². The Kier molecular flexibility index (Phi) is 23.7. The van der Waals surface area contributed by atoms with E-state index in [4.69, 9.17) is 0 Å². The number of phenols is 2. The number of hydrogen-bond donors (Lipinski definition) is 3. The van der Waals surface area contributed by atoms with E-state index < -0.39 is 0 Å². The number of benzene rings is 1. The van der Waals surface area contributed by atoms with Gasteiger partial charge in [0, 0.05) is 5.56 Å². The summed E-state index contributed by atoms with van der Waals surface area (Å²) in [6.07, 6.45) is 34.1. The normalized spacial score (nSPS) is 14.1. The summed E-state index contributed by atoms with van der Waals surface area (Å²) in [4.78, 5) is 0. The van der Waals surface area contributed by atoms with Crippen LogP contribution in [0.3, 0.4) is 0 Å². The van der Waals surface area contributed by atoms with Gasteiger partial charge in [-0.15, -0.1) is 0 Å². The van der Waals surface area contributed by atoms with Crippen LogP contribution in [0.4, 0.5) is 0 Å². The Morgan fingerprint density at radius 1 is 0.469 bits per heavy atom. The molecular formula is C46H70O3. The molecule has 1 rings (SSSR count). The van der Waals surface area contributed by atoms with Crippen molar-refractivity contribution in [2.24, 2.45) is 0 Å².